The van der Waals surface area contributed by atoms with E-state index >= 15 is 0 Å². The van der Waals surface area contributed by atoms with Gasteiger partial charge in [0.25, 0.3) is 5.91 Å². The molecular weight excluding hydrogens is 474 g/mol. The van der Waals surface area contributed by atoms with Gasteiger partial charge in [0.1, 0.15) is 6.61 Å². The maximum absolute atomic E-state index is 13.3. The summed E-state index contributed by atoms with van der Waals surface area (Å²) in [6.45, 7) is 1.32. The van der Waals surface area contributed by atoms with Crippen molar-refractivity contribution in [1.82, 2.24) is 4.90 Å². The van der Waals surface area contributed by atoms with Crippen LogP contribution in [-0.4, -0.2) is 91.3 Å². The van der Waals surface area contributed by atoms with Gasteiger partial charge in [-0.05, 0) is 30.6 Å². The number of carbonyl (C=O) groups is 5. The van der Waals surface area contributed by atoms with Gasteiger partial charge in [-0.1, -0.05) is 30.3 Å². The fourth-order valence-electron chi connectivity index (χ4n) is 3.57. The largest absolute Gasteiger partial charge is 0.451 e. The van der Waals surface area contributed by atoms with E-state index in [1.807, 2.05) is 30.3 Å². The molecule has 11 nitrogen and oxygen atoms in total. The number of ketones is 2. The highest BCUT2D eigenvalue weighted by Gasteiger charge is 2.45. The van der Waals surface area contributed by atoms with E-state index in [9.17, 15) is 24.0 Å². The molecule has 0 aromatic heterocycles. The van der Waals surface area contributed by atoms with E-state index in [0.717, 1.165) is 36.6 Å². The Balaban J connectivity index is 2.13. The molecule has 1 aromatic rings. The average molecular weight is 506 g/mol. The van der Waals surface area contributed by atoms with Gasteiger partial charge in [-0.2, -0.15) is 0 Å². The number of amides is 2. The van der Waals surface area contributed by atoms with Crippen LogP contribution in [0.2, 0.25) is 0 Å². The highest BCUT2D eigenvalue weighted by Crippen LogP contribution is 2.21. The van der Waals surface area contributed by atoms with Crippen molar-refractivity contribution in [2.45, 2.75) is 44.4 Å². The Labute approximate surface area is 208 Å². The number of aliphatic hydroxyl groups excluding tert-OH is 1. The molecule has 1 heterocycles. The number of rotatable bonds is 15. The summed E-state index contributed by atoms with van der Waals surface area (Å²) in [6, 6.07) is 8.51. The summed E-state index contributed by atoms with van der Waals surface area (Å²) in [7, 11) is 1.14. The van der Waals surface area contributed by atoms with Gasteiger partial charge in [0, 0.05) is 27.1 Å². The number of imide groups is 1. The van der Waals surface area contributed by atoms with E-state index < -0.39 is 42.0 Å². The summed E-state index contributed by atoms with van der Waals surface area (Å²) in [4.78, 5) is 63.1. The first-order valence-corrected chi connectivity index (χ1v) is 11.5. The Hall–Kier alpha value is -3.41. The Morgan fingerprint density at radius 3 is 2.50 bits per heavy atom. The number of aliphatic hydroxyl groups is 1. The lowest BCUT2D eigenvalue weighted by Crippen LogP contribution is -2.53. The summed E-state index contributed by atoms with van der Waals surface area (Å²) in [5.74, 6) is -3.00. The molecule has 1 saturated heterocycles. The Bertz CT molecular complexity index is 945. The van der Waals surface area contributed by atoms with Crippen molar-refractivity contribution in [2.75, 3.05) is 33.5 Å². The first kappa shape index (κ1) is 28.8. The number of carbonyl (C=O) groups excluding carboxylic acids is 5. The van der Waals surface area contributed by atoms with Crippen LogP contribution in [0.4, 0.5) is 4.79 Å². The van der Waals surface area contributed by atoms with Crippen LogP contribution in [0.3, 0.4) is 0 Å². The number of nitrogens with zero attached hydrogens (tertiary/aromatic N) is 1. The molecule has 1 N–H and O–H groups in total. The number of ether oxygens (including phenoxy) is 4. The van der Waals surface area contributed by atoms with Gasteiger partial charge in [-0.25, -0.2) is 9.69 Å². The van der Waals surface area contributed by atoms with Gasteiger partial charge in [0.15, 0.2) is 23.8 Å². The molecule has 1 fully saturated rings. The summed E-state index contributed by atoms with van der Waals surface area (Å²) in [5, 5.41) is 8.66. The van der Waals surface area contributed by atoms with Crippen molar-refractivity contribution in [3.63, 3.8) is 0 Å². The lowest BCUT2D eigenvalue weighted by Gasteiger charge is -2.27. The Morgan fingerprint density at radius 2 is 1.86 bits per heavy atom. The van der Waals surface area contributed by atoms with E-state index in [0.29, 0.717) is 12.8 Å². The van der Waals surface area contributed by atoms with Crippen molar-refractivity contribution in [1.29, 1.82) is 0 Å². The molecule has 0 saturated carbocycles. The third kappa shape index (κ3) is 8.67. The lowest BCUT2D eigenvalue weighted by atomic mass is 10.0. The number of hydrogen-bond donors (Lipinski definition) is 1. The molecule has 0 spiro atoms. The smallest absolute Gasteiger partial charge is 0.417 e. The van der Waals surface area contributed by atoms with Crippen LogP contribution >= 0.6 is 0 Å². The Morgan fingerprint density at radius 1 is 1.14 bits per heavy atom. The minimum Gasteiger partial charge on any atom is -0.451 e. The van der Waals surface area contributed by atoms with Gasteiger partial charge >= 0.3 is 12.1 Å². The zero-order valence-corrected chi connectivity index (χ0v) is 20.3. The van der Waals surface area contributed by atoms with Crippen molar-refractivity contribution in [2.24, 2.45) is 0 Å². The van der Waals surface area contributed by atoms with Crippen LogP contribution in [0, 0.1) is 0 Å². The molecule has 2 amide bonds. The van der Waals surface area contributed by atoms with Crippen LogP contribution in [0.15, 0.2) is 42.5 Å². The molecule has 0 bridgehead atoms. The topological polar surface area (TPSA) is 146 Å². The van der Waals surface area contributed by atoms with Gasteiger partial charge in [-0.3, -0.25) is 19.2 Å². The number of allylic oxidation sites excluding steroid dienone is 1. The van der Waals surface area contributed by atoms with Gasteiger partial charge in [-0.15, -0.1) is 0 Å². The zero-order valence-electron chi connectivity index (χ0n) is 20.3. The summed E-state index contributed by atoms with van der Waals surface area (Å²) >= 11 is 0. The zero-order chi connectivity index (χ0) is 26.5. The van der Waals surface area contributed by atoms with Crippen molar-refractivity contribution in [3.05, 3.63) is 48.0 Å². The van der Waals surface area contributed by atoms with E-state index in [1.54, 1.807) is 0 Å². The minimum absolute atomic E-state index is 0.0432. The number of hydrogen-bond acceptors (Lipinski definition) is 10. The quantitative estimate of drug-likeness (QED) is 0.208. The van der Waals surface area contributed by atoms with Crippen molar-refractivity contribution < 1.29 is 48.0 Å². The van der Waals surface area contributed by atoms with Crippen LogP contribution < -0.4 is 0 Å². The van der Waals surface area contributed by atoms with Crippen LogP contribution in [0.5, 0.6) is 0 Å². The second-order valence-electron chi connectivity index (χ2n) is 7.96. The molecule has 3 unspecified atom stereocenters. The molecule has 11 heteroatoms. The Kier molecular flexibility index (Phi) is 11.9. The van der Waals surface area contributed by atoms with Crippen LogP contribution in [0.25, 0.3) is 0 Å². The molecule has 1 aromatic carbocycles. The fraction of sp³-hybridized carbons (Fsp3) is 0.480. The van der Waals surface area contributed by atoms with Gasteiger partial charge < -0.3 is 24.1 Å². The molecule has 1 aliphatic rings. The highest BCUT2D eigenvalue weighted by atomic mass is 16.6. The molecule has 1 aliphatic heterocycles. The molecule has 36 heavy (non-hydrogen) atoms. The minimum atomic E-state index is -1.72. The summed E-state index contributed by atoms with van der Waals surface area (Å²) < 4.78 is 20.4. The number of methoxy groups -OCH3 is 1. The number of cyclic esters (lactones) is 1. The van der Waals surface area contributed by atoms with Gasteiger partial charge in [0.05, 0.1) is 19.3 Å². The lowest BCUT2D eigenvalue weighted by molar-refractivity contribution is -0.166. The first-order valence-electron chi connectivity index (χ1n) is 11.5. The molecule has 196 valence electrons. The van der Waals surface area contributed by atoms with E-state index in [4.69, 9.17) is 24.1 Å². The fourth-order valence-corrected chi connectivity index (χ4v) is 3.57. The molecule has 0 aliphatic carbocycles. The van der Waals surface area contributed by atoms with E-state index in [2.05, 4.69) is 0 Å². The summed E-state index contributed by atoms with van der Waals surface area (Å²) in [6.07, 6.45) is -1.55. The highest BCUT2D eigenvalue weighted by molar-refractivity contribution is 6.05. The summed E-state index contributed by atoms with van der Waals surface area (Å²) in [5.41, 5.74) is 0.864. The second-order valence-corrected chi connectivity index (χ2v) is 7.96. The van der Waals surface area contributed by atoms with E-state index in [1.165, 1.54) is 0 Å². The predicted octanol–water partition coefficient (Wildman–Crippen LogP) is 1.01. The van der Waals surface area contributed by atoms with Crippen molar-refractivity contribution >= 4 is 29.5 Å². The monoisotopic (exact) mass is 505 g/mol. The SMILES string of the molecule is COC(C(=O)N1C(=O)OCC1Cc1ccccc1)C(OC(C)=O)C(=O)C=CC(=O)CCCOCCO. The third-order valence-electron chi connectivity index (χ3n) is 5.24. The molecule has 3 atom stereocenters. The first-order chi connectivity index (χ1) is 17.3. The number of benzene rings is 1. The second kappa shape index (κ2) is 14.9. The standard InChI is InChI=1S/C25H31NO10/c1-17(28)36-22(21(30)11-10-20(29)9-6-13-34-14-12-27)23(33-2)24(31)26-19(16-35-25(26)32)15-18-7-4-3-5-8-18/h3-5,7-8,10-11,19,22-23,27H,6,9,12-16H2,1-2H3. The van der Waals surface area contributed by atoms with Crippen LogP contribution in [-0.2, 0) is 44.5 Å². The molecular formula is C25H31NO10. The van der Waals surface area contributed by atoms with E-state index in [-0.39, 0.29) is 38.6 Å². The molecule has 0 radical (unpaired) electrons. The average Bonchev–Trinajstić information content (AvgIpc) is 3.22. The van der Waals surface area contributed by atoms with Gasteiger partial charge in [0.2, 0.25) is 0 Å². The maximum atomic E-state index is 13.3. The number of esters is 1. The molecule has 2 rings (SSSR count). The van der Waals surface area contributed by atoms with Crippen molar-refractivity contribution in [3.8, 4) is 0 Å². The normalized spacial score (nSPS) is 17.0. The third-order valence-corrected chi connectivity index (χ3v) is 5.24. The predicted molar refractivity (Wildman–Crippen MR) is 125 cm³/mol. The van der Waals surface area contributed by atoms with Crippen LogP contribution in [0.1, 0.15) is 25.3 Å². The maximum Gasteiger partial charge on any atom is 0.417 e.